The normalized spacial score (nSPS) is 17.4. The highest BCUT2D eigenvalue weighted by molar-refractivity contribution is 14.0. The van der Waals surface area contributed by atoms with Crippen LogP contribution in [0.1, 0.15) is 30.4 Å². The molecule has 1 aromatic heterocycles. The topological polar surface area (TPSA) is 45.5 Å². The fraction of sp³-hybridized carbons (Fsp3) is 0.474. The molecule has 1 aliphatic rings. The van der Waals surface area contributed by atoms with Crippen molar-refractivity contribution in [3.8, 4) is 0 Å². The van der Waals surface area contributed by atoms with E-state index in [0.717, 1.165) is 45.0 Å². The van der Waals surface area contributed by atoms with E-state index in [1.807, 2.05) is 17.9 Å². The van der Waals surface area contributed by atoms with Gasteiger partial charge in [0.05, 0.1) is 6.20 Å². The lowest BCUT2D eigenvalue weighted by atomic mass is 10.0. The number of rotatable bonds is 5. The third-order valence-electron chi connectivity index (χ3n) is 4.52. The smallest absolute Gasteiger partial charge is 0.193 e. The molecule has 0 radical (unpaired) electrons. The number of halogens is 1. The summed E-state index contributed by atoms with van der Waals surface area (Å²) in [6.45, 7) is 5.92. The van der Waals surface area contributed by atoms with Crippen LogP contribution in [0.4, 0.5) is 0 Å². The van der Waals surface area contributed by atoms with Gasteiger partial charge in [-0.2, -0.15) is 5.10 Å². The molecule has 0 saturated carbocycles. The van der Waals surface area contributed by atoms with E-state index >= 15 is 0 Å². The lowest BCUT2D eigenvalue weighted by Gasteiger charge is -2.21. The van der Waals surface area contributed by atoms with E-state index in [0.29, 0.717) is 5.92 Å². The Bertz CT molecular complexity index is 667. The zero-order valence-corrected chi connectivity index (χ0v) is 17.4. The number of guanidine groups is 1. The second-order valence-electron chi connectivity index (χ2n) is 6.35. The third-order valence-corrected chi connectivity index (χ3v) is 4.52. The second-order valence-corrected chi connectivity index (χ2v) is 6.35. The molecule has 0 bridgehead atoms. The molecule has 6 heteroatoms. The molecule has 1 aromatic carbocycles. The maximum absolute atomic E-state index is 4.83. The first-order valence-corrected chi connectivity index (χ1v) is 8.82. The van der Waals surface area contributed by atoms with Gasteiger partial charge in [-0.15, -0.1) is 24.0 Å². The van der Waals surface area contributed by atoms with Crippen molar-refractivity contribution >= 4 is 29.9 Å². The van der Waals surface area contributed by atoms with E-state index in [-0.39, 0.29) is 24.0 Å². The first-order valence-electron chi connectivity index (χ1n) is 8.82. The third kappa shape index (κ3) is 5.45. The number of benzene rings is 1. The van der Waals surface area contributed by atoms with Crippen molar-refractivity contribution in [2.24, 2.45) is 12.0 Å². The summed E-state index contributed by atoms with van der Waals surface area (Å²) < 4.78 is 1.89. The minimum Gasteiger partial charge on any atom is -0.357 e. The largest absolute Gasteiger partial charge is 0.357 e. The van der Waals surface area contributed by atoms with Crippen LogP contribution in [0.3, 0.4) is 0 Å². The molecule has 3 rings (SSSR count). The number of aryl methyl sites for hydroxylation is 1. The van der Waals surface area contributed by atoms with Crippen LogP contribution >= 0.6 is 24.0 Å². The fourth-order valence-corrected chi connectivity index (χ4v) is 3.24. The molecule has 0 amide bonds. The predicted octanol–water partition coefficient (Wildman–Crippen LogP) is 3.04. The van der Waals surface area contributed by atoms with Gasteiger partial charge in [-0.3, -0.25) is 9.67 Å². The Morgan fingerprint density at radius 3 is 2.80 bits per heavy atom. The highest BCUT2D eigenvalue weighted by Gasteiger charge is 2.26. The zero-order valence-electron chi connectivity index (χ0n) is 15.1. The number of nitrogens with zero attached hydrogens (tertiary/aromatic N) is 4. The van der Waals surface area contributed by atoms with Crippen LogP contribution in [-0.4, -0.2) is 46.8 Å². The van der Waals surface area contributed by atoms with Crippen molar-refractivity contribution in [2.45, 2.75) is 25.7 Å². The van der Waals surface area contributed by atoms with Crippen molar-refractivity contribution in [3.05, 3.63) is 53.9 Å². The van der Waals surface area contributed by atoms with Gasteiger partial charge in [0.25, 0.3) is 0 Å². The van der Waals surface area contributed by atoms with E-state index in [1.165, 1.54) is 11.1 Å². The summed E-state index contributed by atoms with van der Waals surface area (Å²) in [5.41, 5.74) is 2.67. The molecule has 1 fully saturated rings. The molecule has 0 spiro atoms. The van der Waals surface area contributed by atoms with Gasteiger partial charge in [0.2, 0.25) is 0 Å². The number of hydrogen-bond donors (Lipinski definition) is 1. The van der Waals surface area contributed by atoms with Gasteiger partial charge < -0.3 is 10.2 Å². The first kappa shape index (κ1) is 19.8. The van der Waals surface area contributed by atoms with Crippen molar-refractivity contribution < 1.29 is 0 Å². The molecule has 0 aliphatic carbocycles. The van der Waals surface area contributed by atoms with Crippen LogP contribution < -0.4 is 5.32 Å². The summed E-state index contributed by atoms with van der Waals surface area (Å²) in [7, 11) is 1.98. The number of aliphatic imine (C=N–C) groups is 1. The van der Waals surface area contributed by atoms with Crippen LogP contribution in [0.5, 0.6) is 0 Å². The van der Waals surface area contributed by atoms with Gasteiger partial charge in [0.1, 0.15) is 0 Å². The minimum absolute atomic E-state index is 0. The molecular weight excluding hydrogens is 425 g/mol. The Kier molecular flexibility index (Phi) is 7.74. The first-order chi connectivity index (χ1) is 11.8. The molecule has 136 valence electrons. The summed E-state index contributed by atoms with van der Waals surface area (Å²) in [6.07, 6.45) is 6.27. The standard InChI is InChI=1S/C19H27N5.HI/c1-3-20-19(21-11-9-16-7-5-4-6-8-16)24-12-10-17(15-24)18-13-22-23(2)14-18;/h4-8,13-14,17H,3,9-12,15H2,1-2H3,(H,20,21);1H. The lowest BCUT2D eigenvalue weighted by Crippen LogP contribution is -2.40. The van der Waals surface area contributed by atoms with Gasteiger partial charge in [0.15, 0.2) is 5.96 Å². The molecule has 1 aliphatic heterocycles. The average molecular weight is 453 g/mol. The highest BCUT2D eigenvalue weighted by atomic mass is 127. The highest BCUT2D eigenvalue weighted by Crippen LogP contribution is 2.26. The van der Waals surface area contributed by atoms with E-state index in [9.17, 15) is 0 Å². The monoisotopic (exact) mass is 453 g/mol. The molecule has 2 aromatic rings. The molecule has 1 saturated heterocycles. The van der Waals surface area contributed by atoms with Crippen molar-refractivity contribution in [1.82, 2.24) is 20.0 Å². The maximum atomic E-state index is 4.83. The summed E-state index contributed by atoms with van der Waals surface area (Å²) in [4.78, 5) is 7.22. The minimum atomic E-state index is 0. The van der Waals surface area contributed by atoms with Gasteiger partial charge in [-0.1, -0.05) is 30.3 Å². The number of nitrogens with one attached hydrogen (secondary N) is 1. The Hall–Kier alpha value is -1.57. The molecule has 25 heavy (non-hydrogen) atoms. The predicted molar refractivity (Wildman–Crippen MR) is 114 cm³/mol. The summed E-state index contributed by atoms with van der Waals surface area (Å²) in [5, 5.41) is 7.75. The molecule has 1 atom stereocenters. The number of aromatic nitrogens is 2. The Labute approximate surface area is 167 Å². The zero-order chi connectivity index (χ0) is 16.8. The Morgan fingerprint density at radius 2 is 2.12 bits per heavy atom. The maximum Gasteiger partial charge on any atom is 0.193 e. The van der Waals surface area contributed by atoms with E-state index in [1.54, 1.807) is 0 Å². The van der Waals surface area contributed by atoms with Crippen LogP contribution in [-0.2, 0) is 13.5 Å². The van der Waals surface area contributed by atoms with Gasteiger partial charge in [0, 0.05) is 45.3 Å². The number of likely N-dealkylation sites (tertiary alicyclic amines) is 1. The molecular formula is C19H28IN5. The van der Waals surface area contributed by atoms with E-state index < -0.39 is 0 Å². The summed E-state index contributed by atoms with van der Waals surface area (Å²) in [5.74, 6) is 1.59. The molecule has 2 heterocycles. The van der Waals surface area contributed by atoms with Crippen LogP contribution in [0.15, 0.2) is 47.7 Å². The van der Waals surface area contributed by atoms with Crippen molar-refractivity contribution in [3.63, 3.8) is 0 Å². The lowest BCUT2D eigenvalue weighted by molar-refractivity contribution is 0.486. The van der Waals surface area contributed by atoms with Crippen molar-refractivity contribution in [1.29, 1.82) is 0 Å². The van der Waals surface area contributed by atoms with Crippen LogP contribution in [0.2, 0.25) is 0 Å². The van der Waals surface area contributed by atoms with Crippen LogP contribution in [0.25, 0.3) is 0 Å². The second kappa shape index (κ2) is 9.79. The van der Waals surface area contributed by atoms with E-state index in [2.05, 4.69) is 58.8 Å². The summed E-state index contributed by atoms with van der Waals surface area (Å²) in [6, 6.07) is 10.6. The molecule has 1 N–H and O–H groups in total. The van der Waals surface area contributed by atoms with Crippen LogP contribution in [0, 0.1) is 0 Å². The Morgan fingerprint density at radius 1 is 1.32 bits per heavy atom. The van der Waals surface area contributed by atoms with E-state index in [4.69, 9.17) is 4.99 Å². The van der Waals surface area contributed by atoms with Gasteiger partial charge >= 0.3 is 0 Å². The van der Waals surface area contributed by atoms with Crippen molar-refractivity contribution in [2.75, 3.05) is 26.2 Å². The fourth-order valence-electron chi connectivity index (χ4n) is 3.24. The molecule has 5 nitrogen and oxygen atoms in total. The average Bonchev–Trinajstić information content (AvgIpc) is 3.24. The Balaban J connectivity index is 0.00000225. The van der Waals surface area contributed by atoms with Gasteiger partial charge in [-0.25, -0.2) is 0 Å². The summed E-state index contributed by atoms with van der Waals surface area (Å²) >= 11 is 0. The SMILES string of the molecule is CCNC(=NCCc1ccccc1)N1CCC(c2cnn(C)c2)C1.I. The quantitative estimate of drug-likeness (QED) is 0.430. The number of hydrogen-bond acceptors (Lipinski definition) is 2. The molecule has 1 unspecified atom stereocenters. The van der Waals surface area contributed by atoms with Gasteiger partial charge in [-0.05, 0) is 30.9 Å².